The molecule has 120 valence electrons. The topological polar surface area (TPSA) is 92.8 Å². The smallest absolute Gasteiger partial charge is 0.260 e. The number of anilines is 3. The molecule has 1 heterocycles. The van der Waals surface area contributed by atoms with E-state index < -0.39 is 0 Å². The Hall–Kier alpha value is -2.48. The fourth-order valence-corrected chi connectivity index (χ4v) is 1.95. The fraction of sp³-hybridized carbons (Fsp3) is 0.143. The van der Waals surface area contributed by atoms with Crippen LogP contribution in [-0.2, 0) is 16.2 Å². The van der Waals surface area contributed by atoms with Gasteiger partial charge < -0.3 is 11.1 Å². The molecule has 0 saturated heterocycles. The van der Waals surface area contributed by atoms with Gasteiger partial charge in [-0.3, -0.25) is 0 Å². The molecule has 9 heteroatoms. The second-order valence-electron chi connectivity index (χ2n) is 4.28. The predicted molar refractivity (Wildman–Crippen MR) is 87.9 cm³/mol. The number of hydrogen-bond donors (Lipinski definition) is 2. The van der Waals surface area contributed by atoms with E-state index in [1.165, 1.54) is 18.2 Å². The number of nitrogens with one attached hydrogen (secondary N) is 1. The van der Waals surface area contributed by atoms with Crippen molar-refractivity contribution in [1.29, 1.82) is 0 Å². The van der Waals surface area contributed by atoms with Gasteiger partial charge in [0.25, 0.3) is 6.08 Å². The maximum Gasteiger partial charge on any atom is 0.260 e. The van der Waals surface area contributed by atoms with Gasteiger partial charge in [-0.25, -0.2) is 19.0 Å². The Labute approximate surface area is 140 Å². The number of nitrogens with zero attached hydrogens (tertiary/aromatic N) is 3. The number of aromatic nitrogens is 1. The molecule has 0 atom stereocenters. The first-order chi connectivity index (χ1) is 11.1. The van der Waals surface area contributed by atoms with Crippen LogP contribution < -0.4 is 16.2 Å². The molecule has 2 aromatic rings. The summed E-state index contributed by atoms with van der Waals surface area (Å²) in [6.45, 7) is 0.459. The number of hydrazone groups is 1. The lowest BCUT2D eigenvalue weighted by atomic mass is 10.2. The van der Waals surface area contributed by atoms with Gasteiger partial charge in [0.05, 0.1) is 0 Å². The summed E-state index contributed by atoms with van der Waals surface area (Å²) in [6.07, 6.45) is 1.37. The zero-order valence-corrected chi connectivity index (χ0v) is 13.5. The first-order valence-electron chi connectivity index (χ1n) is 6.45. The van der Waals surface area contributed by atoms with E-state index in [1.807, 2.05) is 0 Å². The molecule has 1 aromatic carbocycles. The summed E-state index contributed by atoms with van der Waals surface area (Å²) in [7, 11) is 0. The third kappa shape index (κ3) is 4.75. The van der Waals surface area contributed by atoms with Gasteiger partial charge in [-0.1, -0.05) is 33.2 Å². The van der Waals surface area contributed by atoms with Crippen molar-refractivity contribution in [2.75, 3.05) is 21.7 Å². The molecular formula is C14H13BrFN5O2. The number of isocyanates is 1. The molecule has 0 fully saturated rings. The van der Waals surface area contributed by atoms with Gasteiger partial charge in [-0.15, -0.1) is 5.17 Å². The molecule has 0 radical (unpaired) electrons. The van der Waals surface area contributed by atoms with Crippen LogP contribution in [0, 0.1) is 5.82 Å². The van der Waals surface area contributed by atoms with Crippen LogP contribution in [-0.4, -0.2) is 16.6 Å². The number of hydrogen-bond acceptors (Lipinski definition) is 7. The van der Waals surface area contributed by atoms with Crippen molar-refractivity contribution in [2.45, 2.75) is 6.54 Å². The molecule has 0 saturated carbocycles. The third-order valence-electron chi connectivity index (χ3n) is 2.80. The van der Waals surface area contributed by atoms with Crippen molar-refractivity contribution in [3.05, 3.63) is 47.8 Å². The zero-order chi connectivity index (χ0) is 16.7. The van der Waals surface area contributed by atoms with Gasteiger partial charge >= 0.3 is 0 Å². The number of carbonyl (C=O) groups excluding carboxylic acids is 1. The van der Waals surface area contributed by atoms with Gasteiger partial charge in [0.2, 0.25) is 0 Å². The first kappa shape index (κ1) is 16.9. The van der Waals surface area contributed by atoms with Crippen LogP contribution in [0.25, 0.3) is 0 Å². The van der Waals surface area contributed by atoms with E-state index in [2.05, 4.69) is 31.3 Å². The average Bonchev–Trinajstić information content (AvgIpc) is 2.54. The van der Waals surface area contributed by atoms with E-state index in [0.717, 1.165) is 10.7 Å². The minimum absolute atomic E-state index is 0.113. The summed E-state index contributed by atoms with van der Waals surface area (Å²) in [5, 5.41) is 7.36. The van der Waals surface area contributed by atoms with Crippen LogP contribution in [0.2, 0.25) is 0 Å². The molecule has 0 aliphatic heterocycles. The van der Waals surface area contributed by atoms with Crippen molar-refractivity contribution < 1.29 is 14.0 Å². The monoisotopic (exact) mass is 381 g/mol. The molecule has 2 rings (SSSR count). The predicted octanol–water partition coefficient (Wildman–Crippen LogP) is 2.76. The summed E-state index contributed by atoms with van der Waals surface area (Å²) in [6, 6.07) is 9.36. The second-order valence-corrected chi connectivity index (χ2v) is 4.74. The van der Waals surface area contributed by atoms with Crippen LogP contribution in [0.5, 0.6) is 0 Å². The van der Waals surface area contributed by atoms with Crippen molar-refractivity contribution in [2.24, 2.45) is 5.10 Å². The van der Waals surface area contributed by atoms with E-state index in [4.69, 9.17) is 10.6 Å². The molecule has 0 unspecified atom stereocenters. The van der Waals surface area contributed by atoms with Crippen molar-refractivity contribution >= 4 is 39.3 Å². The Morgan fingerprint density at radius 2 is 2.09 bits per heavy atom. The van der Waals surface area contributed by atoms with E-state index in [-0.39, 0.29) is 17.2 Å². The Morgan fingerprint density at radius 1 is 1.35 bits per heavy atom. The molecular weight excluding hydrogens is 369 g/mol. The lowest BCUT2D eigenvalue weighted by Gasteiger charge is -2.16. The summed E-state index contributed by atoms with van der Waals surface area (Å²) in [5.74, 6) is 0.349. The molecule has 0 aliphatic rings. The minimum Gasteiger partial charge on any atom is -0.382 e. The molecule has 23 heavy (non-hydrogen) atoms. The number of rotatable bonds is 7. The number of benzene rings is 1. The Kier molecular flexibility index (Phi) is 6.04. The Balaban J connectivity index is 2.08. The minimum atomic E-state index is -0.289. The van der Waals surface area contributed by atoms with Crippen molar-refractivity contribution in [3.8, 4) is 0 Å². The summed E-state index contributed by atoms with van der Waals surface area (Å²) in [4.78, 5) is 19.6. The Morgan fingerprint density at radius 3 is 2.70 bits per heavy atom. The number of halogens is 2. The standard InChI is InChI=1S/C14H13BrFN5O2/c15-8-23-21(19-9-22)12-5-6-13(20-14(12)17)18-7-10-1-3-11(16)4-2-10/h1-6H,7-8H2,(H3,17,18,20). The molecule has 0 amide bonds. The van der Waals surface area contributed by atoms with Gasteiger partial charge in [-0.2, -0.15) is 0 Å². The van der Waals surface area contributed by atoms with E-state index >= 15 is 0 Å². The lowest BCUT2D eigenvalue weighted by Crippen LogP contribution is -2.18. The van der Waals surface area contributed by atoms with Crippen molar-refractivity contribution in [1.82, 2.24) is 4.98 Å². The van der Waals surface area contributed by atoms with Crippen LogP contribution in [0.15, 0.2) is 41.5 Å². The van der Waals surface area contributed by atoms with E-state index in [9.17, 15) is 9.18 Å². The first-order valence-corrected chi connectivity index (χ1v) is 7.58. The van der Waals surface area contributed by atoms with Gasteiger partial charge in [0, 0.05) is 6.54 Å². The summed E-state index contributed by atoms with van der Waals surface area (Å²) in [5.41, 5.74) is 7.16. The normalized spacial score (nSPS) is 10.0. The molecule has 7 nitrogen and oxygen atoms in total. The van der Waals surface area contributed by atoms with E-state index in [1.54, 1.807) is 24.3 Å². The van der Waals surface area contributed by atoms with Gasteiger partial charge in [0.1, 0.15) is 22.8 Å². The highest BCUT2D eigenvalue weighted by molar-refractivity contribution is 9.09. The molecule has 1 aromatic heterocycles. The number of pyridine rings is 1. The number of nitrogens with two attached hydrogens (primary N) is 1. The third-order valence-corrected chi connectivity index (χ3v) is 3.00. The highest BCUT2D eigenvalue weighted by Gasteiger charge is 2.12. The zero-order valence-electron chi connectivity index (χ0n) is 11.9. The van der Waals surface area contributed by atoms with Gasteiger partial charge in [-0.05, 0) is 29.8 Å². The van der Waals surface area contributed by atoms with E-state index in [0.29, 0.717) is 18.1 Å². The maximum atomic E-state index is 12.8. The largest absolute Gasteiger partial charge is 0.382 e. The fourth-order valence-electron chi connectivity index (χ4n) is 1.76. The van der Waals surface area contributed by atoms with Crippen LogP contribution >= 0.6 is 15.9 Å². The van der Waals surface area contributed by atoms with Gasteiger partial charge in [0.15, 0.2) is 5.82 Å². The molecule has 0 spiro atoms. The quantitative estimate of drug-likeness (QED) is 0.331. The number of alkyl halides is 1. The van der Waals surface area contributed by atoms with Crippen molar-refractivity contribution in [3.63, 3.8) is 0 Å². The van der Waals surface area contributed by atoms with Crippen LogP contribution in [0.3, 0.4) is 0 Å². The van der Waals surface area contributed by atoms with Crippen LogP contribution in [0.4, 0.5) is 21.7 Å². The number of nitrogen functional groups attached to an aromatic ring is 1. The lowest BCUT2D eigenvalue weighted by molar-refractivity contribution is 0.158. The molecule has 0 bridgehead atoms. The second kappa shape index (κ2) is 8.23. The highest BCUT2D eigenvalue weighted by atomic mass is 79.9. The summed E-state index contributed by atoms with van der Waals surface area (Å²) < 4.78 is 12.8. The molecule has 0 aliphatic carbocycles. The Bertz CT molecular complexity index is 707. The molecule has 3 N–H and O–H groups in total. The van der Waals surface area contributed by atoms with Crippen LogP contribution in [0.1, 0.15) is 5.56 Å². The average molecular weight is 382 g/mol. The maximum absolute atomic E-state index is 12.8. The highest BCUT2D eigenvalue weighted by Crippen LogP contribution is 2.24. The summed E-state index contributed by atoms with van der Waals surface area (Å²) >= 11 is 3.06. The SMILES string of the molecule is Nc1nc(NCc2ccc(F)cc2)ccc1N(N=C=O)OCBr.